The highest BCUT2D eigenvalue weighted by molar-refractivity contribution is 5.85. The van der Waals surface area contributed by atoms with E-state index < -0.39 is 0 Å². The zero-order chi connectivity index (χ0) is 10.3. The lowest BCUT2D eigenvalue weighted by Crippen LogP contribution is -2.00. The quantitative estimate of drug-likeness (QED) is 0.736. The minimum Gasteiger partial charge on any atom is -0.350 e. The van der Waals surface area contributed by atoms with Gasteiger partial charge in [0, 0.05) is 30.7 Å². The Balaban J connectivity index is 2.87. The largest absolute Gasteiger partial charge is 0.350 e. The van der Waals surface area contributed by atoms with Crippen LogP contribution in [0.15, 0.2) is 18.3 Å². The van der Waals surface area contributed by atoms with E-state index in [1.165, 1.54) is 0 Å². The number of nitrogens with two attached hydrogens (primary N) is 1. The normalized spacial score (nSPS) is 11.1. The van der Waals surface area contributed by atoms with Gasteiger partial charge in [0.05, 0.1) is 5.52 Å². The van der Waals surface area contributed by atoms with E-state index >= 15 is 0 Å². The third-order valence-corrected chi connectivity index (χ3v) is 2.58. The van der Waals surface area contributed by atoms with Crippen molar-refractivity contribution in [2.45, 2.75) is 13.5 Å². The van der Waals surface area contributed by atoms with Gasteiger partial charge in [-0.25, -0.2) is 4.39 Å². The van der Waals surface area contributed by atoms with Crippen molar-refractivity contribution < 1.29 is 4.39 Å². The van der Waals surface area contributed by atoms with Gasteiger partial charge >= 0.3 is 0 Å². The molecule has 2 rings (SSSR count). The number of fused-ring (bicyclic) bond motifs is 1. The molecule has 14 heavy (non-hydrogen) atoms. The van der Waals surface area contributed by atoms with Crippen LogP contribution in [0.1, 0.15) is 11.1 Å². The number of hydrogen-bond donors (Lipinski definition) is 1. The molecule has 2 aromatic rings. The average molecular weight is 192 g/mol. The molecule has 2 nitrogen and oxygen atoms in total. The standard InChI is InChI=1S/C11H13FN2/c1-7-6-14(2)9-4-3-8(5-13)11(12)10(7)9/h3-4,6H,5,13H2,1-2H3. The summed E-state index contributed by atoms with van der Waals surface area (Å²) in [6.45, 7) is 2.15. The third-order valence-electron chi connectivity index (χ3n) is 2.58. The second-order valence-electron chi connectivity index (χ2n) is 3.56. The average Bonchev–Trinajstić information content (AvgIpc) is 2.44. The molecule has 0 bridgehead atoms. The Labute approximate surface area is 82.1 Å². The van der Waals surface area contributed by atoms with E-state index in [0.29, 0.717) is 10.9 Å². The molecule has 0 aliphatic heterocycles. The fourth-order valence-electron chi connectivity index (χ4n) is 1.86. The molecule has 0 radical (unpaired) electrons. The molecule has 1 aromatic heterocycles. The molecular formula is C11H13FN2. The lowest BCUT2D eigenvalue weighted by molar-refractivity contribution is 0.622. The minimum atomic E-state index is -0.178. The number of nitrogens with zero attached hydrogens (tertiary/aromatic N) is 1. The zero-order valence-corrected chi connectivity index (χ0v) is 8.34. The summed E-state index contributed by atoms with van der Waals surface area (Å²) < 4.78 is 15.8. The first-order chi connectivity index (χ1) is 6.65. The van der Waals surface area contributed by atoms with Crippen molar-refractivity contribution >= 4 is 10.9 Å². The van der Waals surface area contributed by atoms with E-state index in [-0.39, 0.29) is 12.4 Å². The monoisotopic (exact) mass is 192 g/mol. The van der Waals surface area contributed by atoms with Crippen LogP contribution in [0.2, 0.25) is 0 Å². The first kappa shape index (κ1) is 9.21. The van der Waals surface area contributed by atoms with E-state index in [0.717, 1.165) is 11.1 Å². The Hall–Kier alpha value is -1.35. The van der Waals surface area contributed by atoms with Crippen molar-refractivity contribution in [2.24, 2.45) is 12.8 Å². The van der Waals surface area contributed by atoms with Gasteiger partial charge in [-0.05, 0) is 18.6 Å². The second kappa shape index (κ2) is 3.10. The van der Waals surface area contributed by atoms with Crippen molar-refractivity contribution in [3.63, 3.8) is 0 Å². The molecule has 1 heterocycles. The lowest BCUT2D eigenvalue weighted by atomic mass is 10.1. The van der Waals surface area contributed by atoms with Crippen molar-refractivity contribution in [1.29, 1.82) is 0 Å². The summed E-state index contributed by atoms with van der Waals surface area (Å²) in [5.41, 5.74) is 7.90. The smallest absolute Gasteiger partial charge is 0.137 e. The van der Waals surface area contributed by atoms with Gasteiger partial charge in [0.2, 0.25) is 0 Å². The molecule has 0 unspecified atom stereocenters. The molecule has 0 saturated heterocycles. The van der Waals surface area contributed by atoms with Gasteiger partial charge in [0.25, 0.3) is 0 Å². The number of halogens is 1. The van der Waals surface area contributed by atoms with Crippen LogP contribution in [-0.4, -0.2) is 4.57 Å². The van der Waals surface area contributed by atoms with Gasteiger partial charge in [-0.3, -0.25) is 0 Å². The molecule has 0 atom stereocenters. The molecule has 0 aliphatic rings. The maximum atomic E-state index is 13.9. The van der Waals surface area contributed by atoms with Gasteiger partial charge in [0.15, 0.2) is 0 Å². The van der Waals surface area contributed by atoms with Crippen LogP contribution < -0.4 is 5.73 Å². The highest BCUT2D eigenvalue weighted by Crippen LogP contribution is 2.25. The molecule has 0 amide bonds. The molecule has 2 N–H and O–H groups in total. The number of benzene rings is 1. The summed E-state index contributed by atoms with van der Waals surface area (Å²) in [5.74, 6) is -0.178. The Morgan fingerprint density at radius 1 is 1.43 bits per heavy atom. The molecule has 0 spiro atoms. The molecule has 0 saturated carbocycles. The van der Waals surface area contributed by atoms with Crippen LogP contribution in [-0.2, 0) is 13.6 Å². The Morgan fingerprint density at radius 3 is 2.79 bits per heavy atom. The number of hydrogen-bond acceptors (Lipinski definition) is 1. The van der Waals surface area contributed by atoms with E-state index in [9.17, 15) is 4.39 Å². The van der Waals surface area contributed by atoms with Crippen LogP contribution in [0.5, 0.6) is 0 Å². The van der Waals surface area contributed by atoms with Crippen molar-refractivity contribution in [3.05, 3.63) is 35.3 Å². The van der Waals surface area contributed by atoms with Crippen LogP contribution >= 0.6 is 0 Å². The summed E-state index contributed by atoms with van der Waals surface area (Å²) in [5, 5.41) is 0.690. The summed E-state index contributed by atoms with van der Waals surface area (Å²) in [4.78, 5) is 0. The predicted molar refractivity (Wildman–Crippen MR) is 55.5 cm³/mol. The van der Waals surface area contributed by atoms with Gasteiger partial charge in [-0.2, -0.15) is 0 Å². The van der Waals surface area contributed by atoms with Crippen LogP contribution in [0.3, 0.4) is 0 Å². The fourth-order valence-corrected chi connectivity index (χ4v) is 1.86. The number of rotatable bonds is 1. The van der Waals surface area contributed by atoms with Crippen LogP contribution in [0, 0.1) is 12.7 Å². The maximum Gasteiger partial charge on any atom is 0.137 e. The van der Waals surface area contributed by atoms with Crippen molar-refractivity contribution in [3.8, 4) is 0 Å². The van der Waals surface area contributed by atoms with E-state index in [1.54, 1.807) is 6.07 Å². The first-order valence-corrected chi connectivity index (χ1v) is 4.58. The molecule has 0 aliphatic carbocycles. The zero-order valence-electron chi connectivity index (χ0n) is 8.34. The van der Waals surface area contributed by atoms with E-state index in [4.69, 9.17) is 5.73 Å². The Morgan fingerprint density at radius 2 is 2.14 bits per heavy atom. The summed E-state index contributed by atoms with van der Waals surface area (Å²) in [7, 11) is 1.91. The van der Waals surface area contributed by atoms with Crippen molar-refractivity contribution in [1.82, 2.24) is 4.57 Å². The van der Waals surface area contributed by atoms with Gasteiger partial charge in [0.1, 0.15) is 5.82 Å². The second-order valence-corrected chi connectivity index (χ2v) is 3.56. The fraction of sp³-hybridized carbons (Fsp3) is 0.273. The summed E-state index contributed by atoms with van der Waals surface area (Å²) in [6.07, 6.45) is 1.92. The van der Waals surface area contributed by atoms with Gasteiger partial charge < -0.3 is 10.3 Å². The van der Waals surface area contributed by atoms with Crippen LogP contribution in [0.4, 0.5) is 4.39 Å². The third kappa shape index (κ3) is 1.13. The predicted octanol–water partition coefficient (Wildman–Crippen LogP) is 2.08. The Kier molecular flexibility index (Phi) is 2.04. The molecular weight excluding hydrogens is 179 g/mol. The molecule has 1 aromatic carbocycles. The van der Waals surface area contributed by atoms with Gasteiger partial charge in [-0.1, -0.05) is 6.07 Å². The Bertz CT molecular complexity index is 485. The number of aryl methyl sites for hydroxylation is 2. The molecule has 74 valence electrons. The maximum absolute atomic E-state index is 13.9. The van der Waals surface area contributed by atoms with E-state index in [2.05, 4.69) is 0 Å². The SMILES string of the molecule is Cc1cn(C)c2ccc(CN)c(F)c12. The van der Waals surface area contributed by atoms with Crippen LogP contribution in [0.25, 0.3) is 10.9 Å². The molecule has 3 heteroatoms. The minimum absolute atomic E-state index is 0.178. The summed E-state index contributed by atoms with van der Waals surface area (Å²) in [6, 6.07) is 3.66. The summed E-state index contributed by atoms with van der Waals surface area (Å²) >= 11 is 0. The highest BCUT2D eigenvalue weighted by atomic mass is 19.1. The topological polar surface area (TPSA) is 30.9 Å². The number of aromatic nitrogens is 1. The van der Waals surface area contributed by atoms with Gasteiger partial charge in [-0.15, -0.1) is 0 Å². The van der Waals surface area contributed by atoms with Crippen molar-refractivity contribution in [2.75, 3.05) is 0 Å². The lowest BCUT2D eigenvalue weighted by Gasteiger charge is -2.02. The highest BCUT2D eigenvalue weighted by Gasteiger charge is 2.11. The first-order valence-electron chi connectivity index (χ1n) is 4.58. The van der Waals surface area contributed by atoms with E-state index in [1.807, 2.05) is 30.8 Å². The molecule has 0 fully saturated rings.